The molecule has 3 amide bonds. The van der Waals surface area contributed by atoms with Gasteiger partial charge >= 0.3 is 5.97 Å². The molecule has 4 aromatic carbocycles. The van der Waals surface area contributed by atoms with Crippen molar-refractivity contribution < 1.29 is 23.9 Å². The van der Waals surface area contributed by atoms with E-state index in [1.807, 2.05) is 54.6 Å². The van der Waals surface area contributed by atoms with Gasteiger partial charge < -0.3 is 9.64 Å². The zero-order chi connectivity index (χ0) is 29.2. The molecule has 43 heavy (non-hydrogen) atoms. The van der Waals surface area contributed by atoms with E-state index in [9.17, 15) is 19.2 Å². The van der Waals surface area contributed by atoms with Gasteiger partial charge in [0.25, 0.3) is 0 Å². The molecule has 0 N–H and O–H groups in total. The van der Waals surface area contributed by atoms with Crippen LogP contribution in [0.5, 0.6) is 5.75 Å². The van der Waals surface area contributed by atoms with Gasteiger partial charge in [0, 0.05) is 37.4 Å². The minimum absolute atomic E-state index is 0.0850. The fraction of sp³-hybridized carbons (Fsp3) is 0.222. The van der Waals surface area contributed by atoms with Gasteiger partial charge in [-0.1, -0.05) is 84.9 Å². The molecule has 7 nitrogen and oxygen atoms in total. The Morgan fingerprint density at radius 2 is 1.26 bits per heavy atom. The first-order valence-electron chi connectivity index (χ1n) is 14.7. The van der Waals surface area contributed by atoms with E-state index in [0.717, 1.165) is 27.8 Å². The first kappa shape index (κ1) is 25.7. The highest BCUT2D eigenvalue weighted by atomic mass is 16.5. The summed E-state index contributed by atoms with van der Waals surface area (Å²) in [4.78, 5) is 56.9. The maximum absolute atomic E-state index is 14.1. The van der Waals surface area contributed by atoms with Gasteiger partial charge in [0.15, 0.2) is 0 Å². The number of carbonyl (C=O) groups is 4. The van der Waals surface area contributed by atoms with E-state index in [4.69, 9.17) is 4.74 Å². The van der Waals surface area contributed by atoms with Crippen LogP contribution >= 0.6 is 0 Å². The molecule has 5 aliphatic rings. The van der Waals surface area contributed by atoms with E-state index in [1.165, 1.54) is 4.90 Å². The summed E-state index contributed by atoms with van der Waals surface area (Å²) in [6, 6.07) is 32.5. The van der Waals surface area contributed by atoms with Crippen molar-refractivity contribution in [2.75, 3.05) is 11.4 Å². The van der Waals surface area contributed by atoms with Crippen molar-refractivity contribution >= 4 is 29.4 Å². The fourth-order valence-corrected chi connectivity index (χ4v) is 7.70. The van der Waals surface area contributed by atoms with Crippen molar-refractivity contribution in [1.29, 1.82) is 0 Å². The predicted octanol–water partition coefficient (Wildman–Crippen LogP) is 5.04. The summed E-state index contributed by atoms with van der Waals surface area (Å²) in [5.74, 6) is -2.77. The standard InChI is InChI=1S/C36H28N2O5/c39-29-17-22(20-37(29)19-21-9-2-1-3-10-21)36(42)43-24-12-8-11-23(18-24)38-34(40)32-30-25-13-4-5-14-26(25)31(33(32)35(38)41)28-16-7-6-15-27(28)30/h1-16,18,22,30-33H,17,19-20H2/t22-,30?,31?,32-,33+/m0/s1. The van der Waals surface area contributed by atoms with Crippen LogP contribution in [0, 0.1) is 17.8 Å². The van der Waals surface area contributed by atoms with Crippen LogP contribution in [-0.2, 0) is 25.7 Å². The molecular formula is C36H28N2O5. The number of benzene rings is 4. The van der Waals surface area contributed by atoms with Crippen LogP contribution in [0.1, 0.15) is 46.1 Å². The number of imide groups is 1. The van der Waals surface area contributed by atoms with E-state index in [0.29, 0.717) is 12.2 Å². The monoisotopic (exact) mass is 568 g/mol. The molecule has 0 radical (unpaired) electrons. The third kappa shape index (κ3) is 3.95. The number of likely N-dealkylation sites (tertiary alicyclic amines) is 1. The van der Waals surface area contributed by atoms with E-state index < -0.39 is 23.7 Å². The molecular weight excluding hydrogens is 540 g/mol. The van der Waals surface area contributed by atoms with Gasteiger partial charge in [0.2, 0.25) is 17.7 Å². The lowest BCUT2D eigenvalue weighted by atomic mass is 9.55. The molecule has 0 saturated carbocycles. The molecule has 2 bridgehead atoms. The molecule has 212 valence electrons. The number of esters is 1. The topological polar surface area (TPSA) is 84.0 Å². The van der Waals surface area contributed by atoms with Gasteiger partial charge in [-0.05, 0) is 39.9 Å². The smallest absolute Gasteiger partial charge is 0.316 e. The lowest BCUT2D eigenvalue weighted by Gasteiger charge is -2.45. The lowest BCUT2D eigenvalue weighted by molar-refractivity contribution is -0.139. The molecule has 2 saturated heterocycles. The molecule has 4 aromatic rings. The molecule has 0 spiro atoms. The largest absolute Gasteiger partial charge is 0.426 e. The molecule has 2 fully saturated rings. The normalized spacial score (nSPS) is 25.0. The Hall–Kier alpha value is -5.04. The van der Waals surface area contributed by atoms with E-state index in [2.05, 4.69) is 24.3 Å². The van der Waals surface area contributed by atoms with Crippen LogP contribution in [-0.4, -0.2) is 35.1 Å². The fourth-order valence-electron chi connectivity index (χ4n) is 7.70. The van der Waals surface area contributed by atoms with E-state index in [-0.39, 0.29) is 48.3 Å². The third-order valence-electron chi connectivity index (χ3n) is 9.51. The van der Waals surface area contributed by atoms with Gasteiger partial charge in [-0.2, -0.15) is 0 Å². The van der Waals surface area contributed by atoms with Crippen LogP contribution in [0.25, 0.3) is 0 Å². The van der Waals surface area contributed by atoms with Crippen molar-refractivity contribution in [2.45, 2.75) is 24.8 Å². The predicted molar refractivity (Wildman–Crippen MR) is 158 cm³/mol. The highest BCUT2D eigenvalue weighted by Gasteiger charge is 2.61. The summed E-state index contributed by atoms with van der Waals surface area (Å²) in [7, 11) is 0. The van der Waals surface area contributed by atoms with Crippen molar-refractivity contribution in [3.05, 3.63) is 131 Å². The number of hydrogen-bond acceptors (Lipinski definition) is 5. The Morgan fingerprint density at radius 3 is 1.84 bits per heavy atom. The molecule has 3 aliphatic carbocycles. The van der Waals surface area contributed by atoms with Crippen LogP contribution in [0.2, 0.25) is 0 Å². The van der Waals surface area contributed by atoms with E-state index >= 15 is 0 Å². The summed E-state index contributed by atoms with van der Waals surface area (Å²) in [6.07, 6.45) is 0.0850. The highest BCUT2D eigenvalue weighted by Crippen LogP contribution is 2.61. The minimum Gasteiger partial charge on any atom is -0.426 e. The van der Waals surface area contributed by atoms with Crippen molar-refractivity contribution in [3.63, 3.8) is 0 Å². The molecule has 9 rings (SSSR count). The van der Waals surface area contributed by atoms with Crippen molar-refractivity contribution in [1.82, 2.24) is 4.90 Å². The first-order chi connectivity index (χ1) is 21.0. The summed E-state index contributed by atoms with van der Waals surface area (Å²) < 4.78 is 5.72. The van der Waals surface area contributed by atoms with Crippen molar-refractivity contribution in [3.8, 4) is 5.75 Å². The summed E-state index contributed by atoms with van der Waals surface area (Å²) in [6.45, 7) is 0.721. The maximum atomic E-state index is 14.1. The molecule has 3 atom stereocenters. The molecule has 2 aliphatic heterocycles. The average molecular weight is 569 g/mol. The van der Waals surface area contributed by atoms with Gasteiger partial charge in [-0.15, -0.1) is 0 Å². The number of anilines is 1. The van der Waals surface area contributed by atoms with Gasteiger partial charge in [-0.25, -0.2) is 4.90 Å². The zero-order valence-electron chi connectivity index (χ0n) is 23.3. The number of amides is 3. The Kier molecular flexibility index (Phi) is 5.83. The Morgan fingerprint density at radius 1 is 0.698 bits per heavy atom. The molecule has 0 aromatic heterocycles. The average Bonchev–Trinajstić information content (AvgIpc) is 3.53. The molecule has 2 heterocycles. The second-order valence-corrected chi connectivity index (χ2v) is 11.9. The van der Waals surface area contributed by atoms with Crippen LogP contribution in [0.15, 0.2) is 103 Å². The molecule has 0 unspecified atom stereocenters. The number of carbonyl (C=O) groups excluding carboxylic acids is 4. The minimum atomic E-state index is -0.592. The third-order valence-corrected chi connectivity index (χ3v) is 9.51. The number of hydrogen-bond donors (Lipinski definition) is 0. The first-order valence-corrected chi connectivity index (χ1v) is 14.7. The van der Waals surface area contributed by atoms with E-state index in [1.54, 1.807) is 29.2 Å². The quantitative estimate of drug-likeness (QED) is 0.191. The summed E-state index contributed by atoms with van der Waals surface area (Å²) in [5, 5.41) is 0. The summed E-state index contributed by atoms with van der Waals surface area (Å²) in [5.41, 5.74) is 5.85. The lowest BCUT2D eigenvalue weighted by Crippen LogP contribution is -2.41. The van der Waals surface area contributed by atoms with Gasteiger partial charge in [-0.3, -0.25) is 19.2 Å². The highest BCUT2D eigenvalue weighted by molar-refractivity contribution is 6.23. The number of rotatable bonds is 5. The van der Waals surface area contributed by atoms with Gasteiger partial charge in [0.1, 0.15) is 5.75 Å². The SMILES string of the molecule is O=C(Oc1cccc(N2C(=O)[C@@H]3C4c5ccccc5C(c5ccccc54)[C@@H]3C2=O)c1)[C@H]1CC(=O)N(Cc2ccccc2)C1. The van der Waals surface area contributed by atoms with Crippen molar-refractivity contribution in [2.24, 2.45) is 17.8 Å². The number of nitrogens with zero attached hydrogens (tertiary/aromatic N) is 2. The second-order valence-electron chi connectivity index (χ2n) is 11.9. The summed E-state index contributed by atoms with van der Waals surface area (Å²) >= 11 is 0. The van der Waals surface area contributed by atoms with Crippen LogP contribution < -0.4 is 9.64 Å². The molecule has 7 heteroatoms. The maximum Gasteiger partial charge on any atom is 0.316 e. The van der Waals surface area contributed by atoms with Crippen LogP contribution in [0.4, 0.5) is 5.69 Å². The zero-order valence-corrected chi connectivity index (χ0v) is 23.3. The Bertz CT molecular complexity index is 1700. The Balaban J connectivity index is 1.04. The second kappa shape index (κ2) is 9.76. The van der Waals surface area contributed by atoms with Gasteiger partial charge in [0.05, 0.1) is 23.4 Å². The Labute approximate surface area is 248 Å². The number of ether oxygens (including phenoxy) is 1. The van der Waals surface area contributed by atoms with Crippen LogP contribution in [0.3, 0.4) is 0 Å².